The second-order valence-corrected chi connectivity index (χ2v) is 10.3. The summed E-state index contributed by atoms with van der Waals surface area (Å²) < 4.78 is 4.33. The van der Waals surface area contributed by atoms with E-state index in [-0.39, 0.29) is 12.6 Å². The van der Waals surface area contributed by atoms with Gasteiger partial charge in [0.05, 0.1) is 29.6 Å². The standard InChI is InChI=1S/C29H31N7O/c1-20(18-37)33(2)14-22-9-10-34(15-22)26-7-8-27-25(11-26)17-35-16-24(23-5-3-21(13-30)4-6-23)12-28(35)29-32-31-19-36(27)29/h3-8,11-12,16,19-20,22,37H,9-10,14-15,17-18H2,1-2H3/t20-,22+/m1/s1. The lowest BCUT2D eigenvalue weighted by molar-refractivity contribution is 0.145. The number of aliphatic hydroxyl groups excluding tert-OH is 1. The predicted molar refractivity (Wildman–Crippen MR) is 144 cm³/mol. The molecule has 0 spiro atoms. The Bertz CT molecular complexity index is 1460. The molecule has 1 N–H and O–H groups in total. The molecule has 37 heavy (non-hydrogen) atoms. The number of anilines is 1. The van der Waals surface area contributed by atoms with E-state index in [1.807, 2.05) is 24.3 Å². The van der Waals surface area contributed by atoms with Crippen LogP contribution in [0.5, 0.6) is 0 Å². The van der Waals surface area contributed by atoms with E-state index in [1.54, 1.807) is 6.33 Å². The number of hydrogen-bond acceptors (Lipinski definition) is 6. The van der Waals surface area contributed by atoms with Crippen LogP contribution in [0.25, 0.3) is 28.3 Å². The summed E-state index contributed by atoms with van der Waals surface area (Å²) in [5.74, 6) is 1.42. The van der Waals surface area contributed by atoms with Gasteiger partial charge in [0.25, 0.3) is 0 Å². The molecule has 4 heterocycles. The van der Waals surface area contributed by atoms with Crippen molar-refractivity contribution in [3.05, 3.63) is 72.2 Å². The zero-order chi connectivity index (χ0) is 25.5. The molecule has 2 aromatic carbocycles. The Labute approximate surface area is 217 Å². The summed E-state index contributed by atoms with van der Waals surface area (Å²) >= 11 is 0. The van der Waals surface area contributed by atoms with E-state index in [2.05, 4.69) is 79.6 Å². The summed E-state index contributed by atoms with van der Waals surface area (Å²) in [6.45, 7) is 6.07. The first kappa shape index (κ1) is 23.5. The highest BCUT2D eigenvalue weighted by Gasteiger charge is 2.27. The first-order valence-corrected chi connectivity index (χ1v) is 12.8. The van der Waals surface area contributed by atoms with Crippen LogP contribution in [0.3, 0.4) is 0 Å². The minimum atomic E-state index is 0.185. The van der Waals surface area contributed by atoms with Gasteiger partial charge in [-0.2, -0.15) is 5.26 Å². The molecule has 0 radical (unpaired) electrons. The number of hydrogen-bond donors (Lipinski definition) is 1. The zero-order valence-electron chi connectivity index (χ0n) is 21.2. The van der Waals surface area contributed by atoms with Gasteiger partial charge in [-0.1, -0.05) is 12.1 Å². The van der Waals surface area contributed by atoms with Crippen molar-refractivity contribution >= 4 is 5.69 Å². The molecule has 1 fully saturated rings. The van der Waals surface area contributed by atoms with Gasteiger partial charge in [-0.05, 0) is 73.8 Å². The van der Waals surface area contributed by atoms with E-state index in [0.717, 1.165) is 60.9 Å². The molecule has 8 nitrogen and oxygen atoms in total. The first-order valence-electron chi connectivity index (χ1n) is 12.8. The molecule has 188 valence electrons. The third-order valence-electron chi connectivity index (χ3n) is 7.90. The molecule has 8 heteroatoms. The van der Waals surface area contributed by atoms with Crippen molar-refractivity contribution in [2.24, 2.45) is 5.92 Å². The summed E-state index contributed by atoms with van der Waals surface area (Å²) in [4.78, 5) is 4.75. The van der Waals surface area contributed by atoms with Crippen molar-refractivity contribution in [2.75, 3.05) is 38.2 Å². The summed E-state index contributed by atoms with van der Waals surface area (Å²) in [5, 5.41) is 27.3. The Kier molecular flexibility index (Phi) is 6.03. The summed E-state index contributed by atoms with van der Waals surface area (Å²) in [6, 6.07) is 19.0. The number of rotatable bonds is 6. The lowest BCUT2D eigenvalue weighted by atomic mass is 10.1. The Morgan fingerprint density at radius 2 is 2.00 bits per heavy atom. The van der Waals surface area contributed by atoms with E-state index in [0.29, 0.717) is 11.5 Å². The van der Waals surface area contributed by atoms with Gasteiger partial charge < -0.3 is 19.5 Å². The van der Waals surface area contributed by atoms with Gasteiger partial charge in [0.1, 0.15) is 6.33 Å². The second kappa shape index (κ2) is 9.51. The lowest BCUT2D eigenvalue weighted by Gasteiger charge is -2.26. The zero-order valence-corrected chi connectivity index (χ0v) is 21.2. The van der Waals surface area contributed by atoms with Crippen molar-refractivity contribution < 1.29 is 5.11 Å². The molecular weight excluding hydrogens is 462 g/mol. The molecule has 6 rings (SSSR count). The SMILES string of the molecule is C[C@H](CO)N(C)C[C@@H]1CCN(c2ccc3c(c2)Cn2cc(-c4ccc(C#N)cc4)cc2-c2nncn2-3)C1. The summed E-state index contributed by atoms with van der Waals surface area (Å²) in [5.41, 5.74) is 7.44. The van der Waals surface area contributed by atoms with Gasteiger partial charge in [0.15, 0.2) is 5.82 Å². The maximum atomic E-state index is 9.48. The van der Waals surface area contributed by atoms with Crippen LogP contribution in [0.2, 0.25) is 0 Å². The van der Waals surface area contributed by atoms with Crippen LogP contribution >= 0.6 is 0 Å². The fraction of sp³-hybridized carbons (Fsp3) is 0.345. The number of benzene rings is 2. The second-order valence-electron chi connectivity index (χ2n) is 10.3. The smallest absolute Gasteiger partial charge is 0.185 e. The number of aromatic nitrogens is 4. The van der Waals surface area contributed by atoms with Crippen LogP contribution in [0.1, 0.15) is 24.5 Å². The van der Waals surface area contributed by atoms with Gasteiger partial charge in [0, 0.05) is 49.7 Å². The third-order valence-corrected chi connectivity index (χ3v) is 7.90. The molecule has 2 atom stereocenters. The number of likely N-dealkylation sites (N-methyl/N-ethyl adjacent to an activating group) is 1. The van der Waals surface area contributed by atoms with Gasteiger partial charge in [0.2, 0.25) is 0 Å². The Morgan fingerprint density at radius 3 is 2.78 bits per heavy atom. The molecule has 2 aliphatic heterocycles. The van der Waals surface area contributed by atoms with Crippen LogP contribution in [-0.4, -0.2) is 68.7 Å². The van der Waals surface area contributed by atoms with Crippen molar-refractivity contribution in [3.63, 3.8) is 0 Å². The molecule has 1 saturated heterocycles. The third kappa shape index (κ3) is 4.31. The molecule has 2 aromatic heterocycles. The topological polar surface area (TPSA) is 86.1 Å². The van der Waals surface area contributed by atoms with Crippen LogP contribution in [-0.2, 0) is 6.54 Å². The van der Waals surface area contributed by atoms with Gasteiger partial charge in [-0.25, -0.2) is 0 Å². The first-order chi connectivity index (χ1) is 18.0. The Balaban J connectivity index is 1.29. The van der Waals surface area contributed by atoms with Crippen LogP contribution in [0.15, 0.2) is 61.1 Å². The van der Waals surface area contributed by atoms with Crippen molar-refractivity contribution in [3.8, 4) is 34.4 Å². The highest BCUT2D eigenvalue weighted by molar-refractivity contribution is 5.72. The fourth-order valence-corrected chi connectivity index (χ4v) is 5.57. The summed E-state index contributed by atoms with van der Waals surface area (Å²) in [6.07, 6.45) is 5.12. The monoisotopic (exact) mass is 493 g/mol. The highest BCUT2D eigenvalue weighted by Crippen LogP contribution is 2.35. The molecule has 4 aromatic rings. The molecule has 0 amide bonds. The highest BCUT2D eigenvalue weighted by atomic mass is 16.3. The minimum absolute atomic E-state index is 0.185. The number of aliphatic hydroxyl groups is 1. The number of nitriles is 1. The lowest BCUT2D eigenvalue weighted by Crippen LogP contribution is -2.36. The van der Waals surface area contributed by atoms with E-state index in [9.17, 15) is 5.11 Å². The average Bonchev–Trinajstić information content (AvgIpc) is 3.67. The van der Waals surface area contributed by atoms with E-state index >= 15 is 0 Å². The van der Waals surface area contributed by atoms with Crippen molar-refractivity contribution in [2.45, 2.75) is 25.9 Å². The minimum Gasteiger partial charge on any atom is -0.395 e. The Hall–Kier alpha value is -3.93. The quantitative estimate of drug-likeness (QED) is 0.388. The number of nitrogens with zero attached hydrogens (tertiary/aromatic N) is 7. The maximum Gasteiger partial charge on any atom is 0.185 e. The van der Waals surface area contributed by atoms with Gasteiger partial charge in [-0.15, -0.1) is 10.2 Å². The van der Waals surface area contributed by atoms with E-state index < -0.39 is 0 Å². The largest absolute Gasteiger partial charge is 0.395 e. The van der Waals surface area contributed by atoms with Crippen molar-refractivity contribution in [1.82, 2.24) is 24.2 Å². The summed E-state index contributed by atoms with van der Waals surface area (Å²) in [7, 11) is 2.10. The molecule has 2 aliphatic rings. The molecule has 0 aliphatic carbocycles. The van der Waals surface area contributed by atoms with Gasteiger partial charge in [-0.3, -0.25) is 4.57 Å². The Morgan fingerprint density at radius 1 is 1.16 bits per heavy atom. The van der Waals surface area contributed by atoms with E-state index in [1.165, 1.54) is 11.3 Å². The van der Waals surface area contributed by atoms with Gasteiger partial charge >= 0.3 is 0 Å². The average molecular weight is 494 g/mol. The van der Waals surface area contributed by atoms with Crippen LogP contribution in [0.4, 0.5) is 5.69 Å². The maximum absolute atomic E-state index is 9.48. The predicted octanol–water partition coefficient (Wildman–Crippen LogP) is 3.78. The molecule has 0 bridgehead atoms. The van der Waals surface area contributed by atoms with E-state index in [4.69, 9.17) is 5.26 Å². The number of fused-ring (bicyclic) bond motifs is 5. The molecular formula is C29H31N7O. The van der Waals surface area contributed by atoms with Crippen LogP contribution in [0, 0.1) is 17.2 Å². The van der Waals surface area contributed by atoms with Crippen LogP contribution < -0.4 is 4.90 Å². The van der Waals surface area contributed by atoms with Crippen molar-refractivity contribution in [1.29, 1.82) is 5.26 Å². The molecule has 0 saturated carbocycles. The molecule has 0 unspecified atom stereocenters. The normalized spacial score (nSPS) is 17.2. The fourth-order valence-electron chi connectivity index (χ4n) is 5.57.